The van der Waals surface area contributed by atoms with Crippen molar-refractivity contribution in [3.05, 3.63) is 29.3 Å². The molecule has 0 radical (unpaired) electrons. The first kappa shape index (κ1) is 16.6. The van der Waals surface area contributed by atoms with Gasteiger partial charge in [-0.15, -0.1) is 0 Å². The van der Waals surface area contributed by atoms with Crippen LogP contribution in [-0.2, 0) is 0 Å². The maximum absolute atomic E-state index is 6.08. The van der Waals surface area contributed by atoms with Crippen LogP contribution in [0, 0.1) is 5.92 Å². The molecular weight excluding hydrogens is 274 g/mol. The molecule has 1 aromatic carbocycles. The van der Waals surface area contributed by atoms with Crippen LogP contribution in [0.1, 0.15) is 27.2 Å². The number of nitrogens with two attached hydrogens (primary N) is 1. The van der Waals surface area contributed by atoms with Crippen molar-refractivity contribution in [2.75, 3.05) is 13.1 Å². The number of hydrogen-bond donors (Lipinski definition) is 2. The van der Waals surface area contributed by atoms with Crippen molar-refractivity contribution in [2.45, 2.75) is 33.3 Å². The van der Waals surface area contributed by atoms with Gasteiger partial charge in [0.15, 0.2) is 5.96 Å². The van der Waals surface area contributed by atoms with E-state index in [-0.39, 0.29) is 6.10 Å². The van der Waals surface area contributed by atoms with E-state index in [4.69, 9.17) is 22.1 Å². The Hall–Kier alpha value is -1.42. The molecule has 0 spiro atoms. The van der Waals surface area contributed by atoms with E-state index in [0.29, 0.717) is 29.2 Å². The van der Waals surface area contributed by atoms with Crippen molar-refractivity contribution in [3.63, 3.8) is 0 Å². The van der Waals surface area contributed by atoms with Gasteiger partial charge >= 0.3 is 0 Å². The van der Waals surface area contributed by atoms with Crippen LogP contribution in [-0.4, -0.2) is 25.2 Å². The SMILES string of the molecule is CCC(CNC(N)=NCC(C)C)Oc1ccccc1Cl. The first-order chi connectivity index (χ1) is 9.52. The number of para-hydroxylation sites is 1. The average molecular weight is 298 g/mol. The van der Waals surface area contributed by atoms with Gasteiger partial charge < -0.3 is 15.8 Å². The summed E-state index contributed by atoms with van der Waals surface area (Å²) in [6.07, 6.45) is 0.859. The van der Waals surface area contributed by atoms with Crippen LogP contribution in [0.3, 0.4) is 0 Å². The van der Waals surface area contributed by atoms with Crippen molar-refractivity contribution in [1.29, 1.82) is 0 Å². The molecule has 0 aliphatic carbocycles. The van der Waals surface area contributed by atoms with E-state index < -0.39 is 0 Å². The smallest absolute Gasteiger partial charge is 0.188 e. The molecule has 1 aromatic rings. The topological polar surface area (TPSA) is 59.6 Å². The fraction of sp³-hybridized carbons (Fsp3) is 0.533. The van der Waals surface area contributed by atoms with Crippen LogP contribution >= 0.6 is 11.6 Å². The lowest BCUT2D eigenvalue weighted by atomic mass is 10.2. The summed E-state index contributed by atoms with van der Waals surface area (Å²) in [6, 6.07) is 7.46. The third-order valence-corrected chi connectivity index (χ3v) is 3.04. The number of aliphatic imine (C=N–C) groups is 1. The molecule has 0 fully saturated rings. The monoisotopic (exact) mass is 297 g/mol. The van der Waals surface area contributed by atoms with Gasteiger partial charge in [0.05, 0.1) is 11.6 Å². The Morgan fingerprint density at radius 1 is 1.40 bits per heavy atom. The zero-order chi connectivity index (χ0) is 15.0. The van der Waals surface area contributed by atoms with E-state index in [1.165, 1.54) is 0 Å². The van der Waals surface area contributed by atoms with Gasteiger partial charge in [-0.3, -0.25) is 4.99 Å². The van der Waals surface area contributed by atoms with E-state index in [2.05, 4.69) is 31.1 Å². The number of ether oxygens (including phenoxy) is 1. The van der Waals surface area contributed by atoms with Gasteiger partial charge in [-0.2, -0.15) is 0 Å². The molecule has 4 nitrogen and oxygen atoms in total. The number of hydrogen-bond acceptors (Lipinski definition) is 2. The molecular formula is C15H24ClN3O. The maximum atomic E-state index is 6.08. The quantitative estimate of drug-likeness (QED) is 0.601. The molecule has 3 N–H and O–H groups in total. The molecule has 1 unspecified atom stereocenters. The fourth-order valence-corrected chi connectivity index (χ4v) is 1.72. The van der Waals surface area contributed by atoms with Gasteiger partial charge in [0.25, 0.3) is 0 Å². The van der Waals surface area contributed by atoms with Gasteiger partial charge in [0, 0.05) is 6.54 Å². The number of guanidine groups is 1. The average Bonchev–Trinajstić information content (AvgIpc) is 2.43. The molecule has 0 aromatic heterocycles. The molecule has 1 rings (SSSR count). The molecule has 0 saturated carbocycles. The minimum Gasteiger partial charge on any atom is -0.487 e. The Bertz CT molecular complexity index is 435. The van der Waals surface area contributed by atoms with E-state index in [1.807, 2.05) is 24.3 Å². The van der Waals surface area contributed by atoms with Crippen LogP contribution in [0.4, 0.5) is 0 Å². The van der Waals surface area contributed by atoms with Crippen LogP contribution in [0.15, 0.2) is 29.3 Å². The first-order valence-electron chi connectivity index (χ1n) is 6.97. The van der Waals surface area contributed by atoms with Crippen molar-refractivity contribution in [3.8, 4) is 5.75 Å². The van der Waals surface area contributed by atoms with Crippen molar-refractivity contribution in [2.24, 2.45) is 16.6 Å². The summed E-state index contributed by atoms with van der Waals surface area (Å²) < 4.78 is 5.87. The van der Waals surface area contributed by atoms with E-state index in [1.54, 1.807) is 0 Å². The largest absolute Gasteiger partial charge is 0.487 e. The molecule has 0 amide bonds. The number of nitrogens with one attached hydrogen (secondary N) is 1. The van der Waals surface area contributed by atoms with Crippen LogP contribution in [0.5, 0.6) is 5.75 Å². The van der Waals surface area contributed by atoms with Gasteiger partial charge in [0.2, 0.25) is 0 Å². The van der Waals surface area contributed by atoms with Crippen LogP contribution in [0.25, 0.3) is 0 Å². The third kappa shape index (κ3) is 6.15. The second-order valence-corrected chi connectivity index (χ2v) is 5.49. The number of halogens is 1. The second-order valence-electron chi connectivity index (χ2n) is 5.08. The van der Waals surface area contributed by atoms with E-state index in [0.717, 1.165) is 13.0 Å². The van der Waals surface area contributed by atoms with Crippen molar-refractivity contribution in [1.82, 2.24) is 5.32 Å². The minimum atomic E-state index is 0.00250. The van der Waals surface area contributed by atoms with Gasteiger partial charge in [-0.1, -0.05) is 44.5 Å². The molecule has 112 valence electrons. The molecule has 5 heteroatoms. The lowest BCUT2D eigenvalue weighted by Crippen LogP contribution is -2.39. The summed E-state index contributed by atoms with van der Waals surface area (Å²) in [4.78, 5) is 4.26. The van der Waals surface area contributed by atoms with Gasteiger partial charge in [0.1, 0.15) is 11.9 Å². The maximum Gasteiger partial charge on any atom is 0.188 e. The zero-order valence-corrected chi connectivity index (χ0v) is 13.2. The molecule has 0 heterocycles. The van der Waals surface area contributed by atoms with Crippen LogP contribution < -0.4 is 15.8 Å². The summed E-state index contributed by atoms with van der Waals surface area (Å²) in [5.74, 6) is 1.65. The second kappa shape index (κ2) is 8.69. The summed E-state index contributed by atoms with van der Waals surface area (Å²) in [7, 11) is 0. The lowest BCUT2D eigenvalue weighted by molar-refractivity contribution is 0.200. The highest BCUT2D eigenvalue weighted by molar-refractivity contribution is 6.32. The Kier molecular flexibility index (Phi) is 7.23. The Morgan fingerprint density at radius 2 is 2.10 bits per heavy atom. The molecule has 0 aliphatic rings. The molecule has 0 saturated heterocycles. The standard InChI is InChI=1S/C15H24ClN3O/c1-4-12(10-19-15(17)18-9-11(2)3)20-14-8-6-5-7-13(14)16/h5-8,11-12H,4,9-10H2,1-3H3,(H3,17,18,19). The summed E-state index contributed by atoms with van der Waals surface area (Å²) in [6.45, 7) is 7.60. The normalized spacial score (nSPS) is 13.3. The summed E-state index contributed by atoms with van der Waals surface area (Å²) in [5, 5.41) is 3.71. The van der Waals surface area contributed by atoms with Crippen molar-refractivity contribution < 1.29 is 4.74 Å². The van der Waals surface area contributed by atoms with Crippen LogP contribution in [0.2, 0.25) is 5.02 Å². The zero-order valence-electron chi connectivity index (χ0n) is 12.4. The molecule has 1 atom stereocenters. The lowest BCUT2D eigenvalue weighted by Gasteiger charge is -2.19. The number of nitrogens with zero attached hydrogens (tertiary/aromatic N) is 1. The summed E-state index contributed by atoms with van der Waals surface area (Å²) in [5.41, 5.74) is 5.81. The molecule has 0 aliphatic heterocycles. The minimum absolute atomic E-state index is 0.00250. The Labute approximate surface area is 126 Å². The van der Waals surface area contributed by atoms with Crippen molar-refractivity contribution >= 4 is 17.6 Å². The Balaban J connectivity index is 2.48. The first-order valence-corrected chi connectivity index (χ1v) is 7.35. The predicted octanol–water partition coefficient (Wildman–Crippen LogP) is 3.06. The van der Waals surface area contributed by atoms with Gasteiger partial charge in [-0.25, -0.2) is 0 Å². The fourth-order valence-electron chi connectivity index (χ4n) is 1.54. The highest BCUT2D eigenvalue weighted by atomic mass is 35.5. The third-order valence-electron chi connectivity index (χ3n) is 2.72. The Morgan fingerprint density at radius 3 is 2.70 bits per heavy atom. The van der Waals surface area contributed by atoms with Gasteiger partial charge in [-0.05, 0) is 24.5 Å². The highest BCUT2D eigenvalue weighted by Crippen LogP contribution is 2.24. The number of rotatable bonds is 7. The summed E-state index contributed by atoms with van der Waals surface area (Å²) >= 11 is 6.08. The van der Waals surface area contributed by atoms with E-state index >= 15 is 0 Å². The predicted molar refractivity (Wildman–Crippen MR) is 85.5 cm³/mol. The number of benzene rings is 1. The van der Waals surface area contributed by atoms with E-state index in [9.17, 15) is 0 Å². The highest BCUT2D eigenvalue weighted by Gasteiger charge is 2.10. The molecule has 0 bridgehead atoms. The molecule has 20 heavy (non-hydrogen) atoms.